The highest BCUT2D eigenvalue weighted by Crippen LogP contribution is 2.37. The molecule has 4 nitrogen and oxygen atoms in total. The van der Waals surface area contributed by atoms with Gasteiger partial charge in [-0.2, -0.15) is 5.10 Å². The van der Waals surface area contributed by atoms with Crippen molar-refractivity contribution in [2.75, 3.05) is 0 Å². The van der Waals surface area contributed by atoms with Gasteiger partial charge in [0.2, 0.25) is 5.91 Å². The van der Waals surface area contributed by atoms with Gasteiger partial charge in [0.1, 0.15) is 5.75 Å². The average Bonchev–Trinajstić information content (AvgIpc) is 3.07. The van der Waals surface area contributed by atoms with Crippen molar-refractivity contribution in [1.82, 2.24) is 5.01 Å². The van der Waals surface area contributed by atoms with Crippen molar-refractivity contribution >= 4 is 34.0 Å². The van der Waals surface area contributed by atoms with E-state index in [4.69, 9.17) is 11.6 Å². The minimum Gasteiger partial charge on any atom is -0.507 e. The van der Waals surface area contributed by atoms with Gasteiger partial charge < -0.3 is 5.11 Å². The number of aromatic hydroxyl groups is 1. The van der Waals surface area contributed by atoms with Crippen LogP contribution in [0.2, 0.25) is 5.02 Å². The molecule has 0 saturated carbocycles. The molecule has 0 aliphatic carbocycles. The first-order valence-corrected chi connectivity index (χ1v) is 8.76. The van der Waals surface area contributed by atoms with Crippen LogP contribution in [0.5, 0.6) is 5.75 Å². The maximum absolute atomic E-state index is 12.2. The summed E-state index contributed by atoms with van der Waals surface area (Å²) in [6, 6.07) is 18.6. The zero-order valence-corrected chi connectivity index (χ0v) is 14.9. The molecule has 1 unspecified atom stereocenters. The van der Waals surface area contributed by atoms with Crippen LogP contribution in [0.15, 0.2) is 65.8 Å². The quantitative estimate of drug-likeness (QED) is 0.703. The molecule has 1 atom stereocenters. The highest BCUT2D eigenvalue weighted by Gasteiger charge is 2.32. The summed E-state index contributed by atoms with van der Waals surface area (Å²) in [5.74, 6) is 0.0300. The molecule has 26 heavy (non-hydrogen) atoms. The number of amides is 1. The molecule has 3 aromatic carbocycles. The molecule has 1 amide bonds. The van der Waals surface area contributed by atoms with E-state index in [0.29, 0.717) is 22.7 Å². The van der Waals surface area contributed by atoms with Gasteiger partial charge in [0.25, 0.3) is 0 Å². The zero-order valence-electron chi connectivity index (χ0n) is 14.2. The van der Waals surface area contributed by atoms with Crippen LogP contribution in [0.3, 0.4) is 0 Å². The van der Waals surface area contributed by atoms with Crippen molar-refractivity contribution in [3.63, 3.8) is 0 Å². The molecule has 0 aromatic heterocycles. The van der Waals surface area contributed by atoms with Crippen LogP contribution in [0.25, 0.3) is 10.8 Å². The second kappa shape index (κ2) is 6.46. The largest absolute Gasteiger partial charge is 0.507 e. The lowest BCUT2D eigenvalue weighted by atomic mass is 9.94. The number of phenolic OH excluding ortho intramolecular Hbond substituents is 1. The summed E-state index contributed by atoms with van der Waals surface area (Å²) in [6.07, 6.45) is 0.531. The number of phenols is 1. The van der Waals surface area contributed by atoms with Gasteiger partial charge in [0.15, 0.2) is 0 Å². The molecule has 0 bridgehead atoms. The third kappa shape index (κ3) is 2.82. The second-order valence-corrected chi connectivity index (χ2v) is 6.80. The highest BCUT2D eigenvalue weighted by atomic mass is 35.5. The Labute approximate surface area is 156 Å². The molecule has 0 spiro atoms. The van der Waals surface area contributed by atoms with E-state index in [9.17, 15) is 9.90 Å². The highest BCUT2D eigenvalue weighted by molar-refractivity contribution is 6.30. The van der Waals surface area contributed by atoms with Crippen molar-refractivity contribution < 1.29 is 9.90 Å². The molecule has 1 heterocycles. The number of carbonyl (C=O) groups is 1. The van der Waals surface area contributed by atoms with Crippen LogP contribution in [0.1, 0.15) is 30.5 Å². The van der Waals surface area contributed by atoms with Gasteiger partial charge >= 0.3 is 0 Å². The van der Waals surface area contributed by atoms with Crippen molar-refractivity contribution in [3.8, 4) is 5.75 Å². The third-order valence-electron chi connectivity index (χ3n) is 4.68. The first-order chi connectivity index (χ1) is 12.5. The standard InChI is InChI=1S/C21H17ClN2O2/c1-13(25)24-19(15-6-9-16(22)10-7-15)12-18(23-24)21-17-5-3-2-4-14(17)8-11-20(21)26/h2-11,19,26H,12H2,1H3. The zero-order chi connectivity index (χ0) is 18.3. The summed E-state index contributed by atoms with van der Waals surface area (Å²) in [5.41, 5.74) is 2.35. The van der Waals surface area contributed by atoms with Crippen LogP contribution in [-0.4, -0.2) is 21.7 Å². The molecular weight excluding hydrogens is 348 g/mol. The number of hydrazone groups is 1. The first kappa shape index (κ1) is 16.6. The Hall–Kier alpha value is -2.85. The fourth-order valence-corrected chi connectivity index (χ4v) is 3.59. The van der Waals surface area contributed by atoms with E-state index < -0.39 is 0 Å². The van der Waals surface area contributed by atoms with Crippen molar-refractivity contribution in [3.05, 3.63) is 76.8 Å². The Kier molecular flexibility index (Phi) is 4.13. The molecule has 4 rings (SSSR count). The normalized spacial score (nSPS) is 16.8. The van der Waals surface area contributed by atoms with Crippen LogP contribution >= 0.6 is 11.6 Å². The minimum atomic E-state index is -0.210. The molecule has 0 fully saturated rings. The summed E-state index contributed by atoms with van der Waals surface area (Å²) in [6.45, 7) is 1.50. The predicted molar refractivity (Wildman–Crippen MR) is 103 cm³/mol. The maximum atomic E-state index is 12.2. The SMILES string of the molecule is CC(=O)N1N=C(c2c(O)ccc3ccccc23)CC1c1ccc(Cl)cc1. The number of hydrogen-bond donors (Lipinski definition) is 1. The van der Waals surface area contributed by atoms with Crippen LogP contribution < -0.4 is 0 Å². The number of carbonyl (C=O) groups excluding carboxylic acids is 1. The number of fused-ring (bicyclic) bond motifs is 1. The molecule has 5 heteroatoms. The van der Waals surface area contributed by atoms with Gasteiger partial charge in [-0.1, -0.05) is 54.1 Å². The molecule has 1 N–H and O–H groups in total. The lowest BCUT2D eigenvalue weighted by Gasteiger charge is -2.20. The monoisotopic (exact) mass is 364 g/mol. The lowest BCUT2D eigenvalue weighted by molar-refractivity contribution is -0.130. The first-order valence-electron chi connectivity index (χ1n) is 8.38. The Balaban J connectivity index is 1.81. The average molecular weight is 365 g/mol. The third-order valence-corrected chi connectivity index (χ3v) is 4.94. The molecule has 3 aromatic rings. The Morgan fingerprint density at radius 3 is 2.58 bits per heavy atom. The van der Waals surface area contributed by atoms with Gasteiger partial charge in [-0.3, -0.25) is 4.79 Å². The van der Waals surface area contributed by atoms with E-state index in [2.05, 4.69) is 5.10 Å². The number of nitrogens with zero attached hydrogens (tertiary/aromatic N) is 2. The van der Waals surface area contributed by atoms with Gasteiger partial charge in [0.05, 0.1) is 11.8 Å². The second-order valence-electron chi connectivity index (χ2n) is 6.36. The van der Waals surface area contributed by atoms with E-state index in [-0.39, 0.29) is 17.7 Å². The molecule has 1 aliphatic rings. The molecule has 0 saturated heterocycles. The summed E-state index contributed by atoms with van der Waals surface area (Å²) < 4.78 is 0. The van der Waals surface area contributed by atoms with Crippen molar-refractivity contribution in [2.45, 2.75) is 19.4 Å². The van der Waals surface area contributed by atoms with E-state index >= 15 is 0 Å². The Morgan fingerprint density at radius 2 is 1.85 bits per heavy atom. The number of hydrogen-bond acceptors (Lipinski definition) is 3. The fourth-order valence-electron chi connectivity index (χ4n) is 3.46. The van der Waals surface area contributed by atoms with E-state index in [1.807, 2.05) is 54.6 Å². The number of rotatable bonds is 2. The van der Waals surface area contributed by atoms with Crippen LogP contribution in [0, 0.1) is 0 Å². The molecule has 1 aliphatic heterocycles. The molecule has 130 valence electrons. The number of halogens is 1. The predicted octanol–water partition coefficient (Wildman–Crippen LogP) is 4.90. The van der Waals surface area contributed by atoms with Crippen LogP contribution in [-0.2, 0) is 4.79 Å². The minimum absolute atomic E-state index is 0.139. The summed E-state index contributed by atoms with van der Waals surface area (Å²) in [7, 11) is 0. The van der Waals surface area contributed by atoms with Gasteiger partial charge in [0, 0.05) is 23.9 Å². The van der Waals surface area contributed by atoms with Crippen molar-refractivity contribution in [2.24, 2.45) is 5.10 Å². The molecular formula is C21H17ClN2O2. The Morgan fingerprint density at radius 1 is 1.12 bits per heavy atom. The van der Waals surface area contributed by atoms with Gasteiger partial charge in [-0.25, -0.2) is 5.01 Å². The number of benzene rings is 3. The summed E-state index contributed by atoms with van der Waals surface area (Å²) in [5, 5.41) is 19.1. The van der Waals surface area contributed by atoms with Gasteiger partial charge in [-0.05, 0) is 34.5 Å². The van der Waals surface area contributed by atoms with E-state index in [1.54, 1.807) is 6.07 Å². The maximum Gasteiger partial charge on any atom is 0.240 e. The summed E-state index contributed by atoms with van der Waals surface area (Å²) >= 11 is 5.99. The van der Waals surface area contributed by atoms with Crippen LogP contribution in [0.4, 0.5) is 0 Å². The summed E-state index contributed by atoms with van der Waals surface area (Å²) in [4.78, 5) is 12.2. The van der Waals surface area contributed by atoms with Gasteiger partial charge in [-0.15, -0.1) is 0 Å². The topological polar surface area (TPSA) is 52.9 Å². The smallest absolute Gasteiger partial charge is 0.240 e. The van der Waals surface area contributed by atoms with Crippen molar-refractivity contribution in [1.29, 1.82) is 0 Å². The fraction of sp³-hybridized carbons (Fsp3) is 0.143. The lowest BCUT2D eigenvalue weighted by Crippen LogP contribution is -2.24. The van der Waals surface area contributed by atoms with E-state index in [1.165, 1.54) is 11.9 Å². The molecule has 0 radical (unpaired) electrons. The van der Waals surface area contributed by atoms with E-state index in [0.717, 1.165) is 16.3 Å². The Bertz CT molecular complexity index is 1030.